The molecule has 1 aliphatic rings. The molecular weight excluding hydrogens is 817 g/mol. The number of hydrogen-bond acceptors (Lipinski definition) is 6. The van der Waals surface area contributed by atoms with Crippen LogP contribution in [0.3, 0.4) is 0 Å². The molecule has 314 valence electrons. The van der Waals surface area contributed by atoms with Crippen LogP contribution in [-0.4, -0.2) is 29.9 Å². The van der Waals surface area contributed by atoms with E-state index in [1.165, 1.54) is 5.56 Å². The van der Waals surface area contributed by atoms with Crippen LogP contribution in [-0.2, 0) is 5.41 Å². The fraction of sp³-hybridized carbons (Fsp3) is 0.0164. The van der Waals surface area contributed by atoms with Gasteiger partial charge >= 0.3 is 0 Å². The Morgan fingerprint density at radius 3 is 1.18 bits per heavy atom. The molecule has 12 rings (SSSR count). The van der Waals surface area contributed by atoms with E-state index < -0.39 is 5.41 Å². The molecule has 1 aliphatic carbocycles. The number of aromatic nitrogens is 6. The van der Waals surface area contributed by atoms with E-state index in [9.17, 15) is 0 Å². The molecule has 0 atom stereocenters. The second-order valence-corrected chi connectivity index (χ2v) is 16.7. The Kier molecular flexibility index (Phi) is 9.95. The minimum absolute atomic E-state index is 0.506. The van der Waals surface area contributed by atoms with Gasteiger partial charge in [0.15, 0.2) is 29.1 Å². The van der Waals surface area contributed by atoms with Crippen LogP contribution in [0.15, 0.2) is 243 Å². The second-order valence-electron chi connectivity index (χ2n) is 16.7. The van der Waals surface area contributed by atoms with Crippen LogP contribution in [0.4, 0.5) is 0 Å². The number of rotatable bonds is 9. The standard InChI is InChI=1S/C61H40N6/c1-7-21-41(22-8-1)45-35-46(42-23-9-2-10-24-42)37-47(36-45)56-62-40-63-59(64-56)52-38-51-50-33-19-20-34-54(50)61(48-29-15-5-16-30-48,49-31-17-6-18-32-49)55(51)39-53(52)60-66-57(43-25-11-3-12-26-43)65-58(67-60)44-27-13-4-14-28-44/h1-40H. The van der Waals surface area contributed by atoms with Crippen molar-refractivity contribution in [3.8, 4) is 90.3 Å². The third-order valence-electron chi connectivity index (χ3n) is 12.8. The molecule has 0 fully saturated rings. The number of fused-ring (bicyclic) bond motifs is 3. The second kappa shape index (κ2) is 16.8. The van der Waals surface area contributed by atoms with E-state index in [0.29, 0.717) is 29.1 Å². The van der Waals surface area contributed by atoms with Gasteiger partial charge < -0.3 is 0 Å². The van der Waals surface area contributed by atoms with Crippen LogP contribution in [0.1, 0.15) is 22.3 Å². The van der Waals surface area contributed by atoms with Crippen LogP contribution < -0.4 is 0 Å². The molecule has 11 aromatic rings. The lowest BCUT2D eigenvalue weighted by atomic mass is 9.67. The quantitative estimate of drug-likeness (QED) is 0.144. The Labute approximate surface area is 389 Å². The van der Waals surface area contributed by atoms with Gasteiger partial charge in [0.2, 0.25) is 0 Å². The fourth-order valence-electron chi connectivity index (χ4n) is 9.70. The van der Waals surface area contributed by atoms with E-state index in [1.807, 2.05) is 72.8 Å². The van der Waals surface area contributed by atoms with Crippen LogP contribution >= 0.6 is 0 Å². The Bertz CT molecular complexity index is 3390. The minimum Gasteiger partial charge on any atom is -0.217 e. The Hall–Kier alpha value is -9.00. The summed E-state index contributed by atoms with van der Waals surface area (Å²) in [5.41, 5.74) is 14.7. The molecule has 0 bridgehead atoms. The van der Waals surface area contributed by atoms with Gasteiger partial charge in [-0.2, -0.15) is 0 Å². The zero-order valence-electron chi connectivity index (χ0n) is 36.3. The van der Waals surface area contributed by atoms with Crippen molar-refractivity contribution in [2.45, 2.75) is 5.41 Å². The van der Waals surface area contributed by atoms with Gasteiger partial charge in [-0.15, -0.1) is 0 Å². The molecular formula is C61H40N6. The highest BCUT2D eigenvalue weighted by atomic mass is 15.0. The number of hydrogen-bond donors (Lipinski definition) is 0. The summed E-state index contributed by atoms with van der Waals surface area (Å²) in [5.74, 6) is 2.71. The molecule has 2 heterocycles. The zero-order valence-corrected chi connectivity index (χ0v) is 36.3. The highest BCUT2D eigenvalue weighted by Gasteiger charge is 2.46. The summed E-state index contributed by atoms with van der Waals surface area (Å²) in [5, 5.41) is 0. The first-order valence-electron chi connectivity index (χ1n) is 22.4. The maximum Gasteiger partial charge on any atom is 0.164 e. The van der Waals surface area contributed by atoms with Crippen LogP contribution in [0.2, 0.25) is 0 Å². The summed E-state index contributed by atoms with van der Waals surface area (Å²) in [4.78, 5) is 31.0. The topological polar surface area (TPSA) is 77.3 Å². The first-order chi connectivity index (χ1) is 33.2. The first kappa shape index (κ1) is 39.6. The summed E-state index contributed by atoms with van der Waals surface area (Å²) in [6.07, 6.45) is 1.62. The summed E-state index contributed by atoms with van der Waals surface area (Å²) in [6.45, 7) is 0. The third kappa shape index (κ3) is 7.09. The van der Waals surface area contributed by atoms with Gasteiger partial charge in [0.25, 0.3) is 0 Å². The van der Waals surface area contributed by atoms with Gasteiger partial charge in [-0.25, -0.2) is 29.9 Å². The van der Waals surface area contributed by atoms with Crippen LogP contribution in [0, 0.1) is 0 Å². The predicted molar refractivity (Wildman–Crippen MR) is 269 cm³/mol. The molecule has 0 spiro atoms. The van der Waals surface area contributed by atoms with Gasteiger partial charge in [0.05, 0.1) is 5.41 Å². The zero-order chi connectivity index (χ0) is 44.6. The molecule has 0 saturated heterocycles. The normalized spacial score (nSPS) is 12.3. The molecule has 6 nitrogen and oxygen atoms in total. The summed E-state index contributed by atoms with van der Waals surface area (Å²) >= 11 is 0. The predicted octanol–water partition coefficient (Wildman–Crippen LogP) is 14.1. The van der Waals surface area contributed by atoms with Crippen molar-refractivity contribution >= 4 is 0 Å². The summed E-state index contributed by atoms with van der Waals surface area (Å²) < 4.78 is 0. The minimum atomic E-state index is -0.671. The number of nitrogens with zero attached hydrogens (tertiary/aromatic N) is 6. The highest BCUT2D eigenvalue weighted by Crippen LogP contribution is 2.57. The summed E-state index contributed by atoms with van der Waals surface area (Å²) in [7, 11) is 0. The smallest absolute Gasteiger partial charge is 0.164 e. The van der Waals surface area contributed by atoms with E-state index in [2.05, 4.69) is 164 Å². The van der Waals surface area contributed by atoms with Gasteiger partial charge in [-0.1, -0.05) is 206 Å². The molecule has 0 saturated carbocycles. The lowest BCUT2D eigenvalue weighted by Crippen LogP contribution is -2.28. The molecule has 0 amide bonds. The van der Waals surface area contributed by atoms with Crippen molar-refractivity contribution in [1.29, 1.82) is 0 Å². The molecule has 9 aromatic carbocycles. The van der Waals surface area contributed by atoms with Gasteiger partial charge in [0, 0.05) is 27.8 Å². The first-order valence-corrected chi connectivity index (χ1v) is 22.4. The maximum atomic E-state index is 5.37. The van der Waals surface area contributed by atoms with Crippen molar-refractivity contribution in [2.24, 2.45) is 0 Å². The van der Waals surface area contributed by atoms with Crippen molar-refractivity contribution in [2.75, 3.05) is 0 Å². The Morgan fingerprint density at radius 1 is 0.239 bits per heavy atom. The fourth-order valence-corrected chi connectivity index (χ4v) is 9.70. The highest BCUT2D eigenvalue weighted by molar-refractivity contribution is 5.93. The van der Waals surface area contributed by atoms with E-state index in [0.717, 1.165) is 77.9 Å². The van der Waals surface area contributed by atoms with E-state index in [4.69, 9.17) is 29.9 Å². The lowest BCUT2D eigenvalue weighted by molar-refractivity contribution is 0.768. The van der Waals surface area contributed by atoms with E-state index in [-0.39, 0.29) is 0 Å². The molecule has 6 heteroatoms. The molecule has 0 radical (unpaired) electrons. The third-order valence-corrected chi connectivity index (χ3v) is 12.8. The van der Waals surface area contributed by atoms with Crippen molar-refractivity contribution < 1.29 is 0 Å². The SMILES string of the molecule is c1ccc(-c2cc(-c3ccccc3)cc(-c3ncnc(-c4cc5c(cc4-c4nc(-c6ccccc6)nc(-c6ccccc6)n4)C(c4ccccc4)(c4ccccc4)c4ccccc4-5)n3)c2)cc1. The van der Waals surface area contributed by atoms with Crippen molar-refractivity contribution in [1.82, 2.24) is 29.9 Å². The Balaban J connectivity index is 1.15. The largest absolute Gasteiger partial charge is 0.217 e. The van der Waals surface area contributed by atoms with E-state index in [1.54, 1.807) is 6.33 Å². The molecule has 0 aliphatic heterocycles. The van der Waals surface area contributed by atoms with Crippen LogP contribution in [0.25, 0.3) is 90.3 Å². The molecule has 67 heavy (non-hydrogen) atoms. The lowest BCUT2D eigenvalue weighted by Gasteiger charge is -2.34. The monoisotopic (exact) mass is 856 g/mol. The summed E-state index contributed by atoms with van der Waals surface area (Å²) in [6, 6.07) is 82.6. The van der Waals surface area contributed by atoms with Crippen molar-refractivity contribution in [3.63, 3.8) is 0 Å². The molecule has 2 aromatic heterocycles. The number of benzene rings is 9. The van der Waals surface area contributed by atoms with E-state index >= 15 is 0 Å². The Morgan fingerprint density at radius 2 is 0.642 bits per heavy atom. The van der Waals surface area contributed by atoms with Gasteiger partial charge in [-0.3, -0.25) is 0 Å². The van der Waals surface area contributed by atoms with Crippen LogP contribution in [0.5, 0.6) is 0 Å². The molecule has 0 unspecified atom stereocenters. The van der Waals surface area contributed by atoms with Crippen molar-refractivity contribution in [3.05, 3.63) is 265 Å². The van der Waals surface area contributed by atoms with Gasteiger partial charge in [-0.05, 0) is 86.0 Å². The van der Waals surface area contributed by atoms with Gasteiger partial charge in [0.1, 0.15) is 6.33 Å². The molecule has 0 N–H and O–H groups in total. The maximum absolute atomic E-state index is 5.37. The average molecular weight is 857 g/mol. The average Bonchev–Trinajstić information content (AvgIpc) is 3.72.